The lowest BCUT2D eigenvalue weighted by atomic mass is 9.94. The summed E-state index contributed by atoms with van der Waals surface area (Å²) in [6.07, 6.45) is 3.39. The van der Waals surface area contributed by atoms with Gasteiger partial charge in [0, 0.05) is 41.5 Å². The fraction of sp³-hybridized carbons (Fsp3) is 0.389. The molecule has 1 aliphatic rings. The molecule has 3 rings (SSSR count). The van der Waals surface area contributed by atoms with Crippen molar-refractivity contribution in [1.29, 1.82) is 0 Å². The third kappa shape index (κ3) is 3.85. The Labute approximate surface area is 151 Å². The smallest absolute Gasteiger partial charge is 0.325 e. The van der Waals surface area contributed by atoms with Crippen molar-refractivity contribution in [2.24, 2.45) is 0 Å². The van der Waals surface area contributed by atoms with Crippen molar-refractivity contribution in [3.63, 3.8) is 0 Å². The average molecular weight is 362 g/mol. The van der Waals surface area contributed by atoms with E-state index in [1.54, 1.807) is 18.3 Å². The molecule has 1 aromatic heterocycles. The van der Waals surface area contributed by atoms with Crippen LogP contribution < -0.4 is 0 Å². The highest BCUT2D eigenvalue weighted by Gasteiger charge is 2.28. The zero-order valence-electron chi connectivity index (χ0n) is 14.0. The Morgan fingerprint density at radius 2 is 2.16 bits per heavy atom. The van der Waals surface area contributed by atoms with E-state index in [1.807, 2.05) is 24.0 Å². The molecule has 2 aromatic rings. The van der Waals surface area contributed by atoms with Crippen molar-refractivity contribution >= 4 is 23.5 Å². The summed E-state index contributed by atoms with van der Waals surface area (Å²) < 4.78 is 1.50. The van der Waals surface area contributed by atoms with Crippen molar-refractivity contribution in [2.45, 2.75) is 32.2 Å². The van der Waals surface area contributed by atoms with Gasteiger partial charge in [0.1, 0.15) is 6.54 Å². The monoisotopic (exact) mass is 361 g/mol. The lowest BCUT2D eigenvalue weighted by molar-refractivity contribution is -0.137. The average Bonchev–Trinajstić information content (AvgIpc) is 3.04. The van der Waals surface area contributed by atoms with E-state index in [1.165, 1.54) is 4.68 Å². The second-order valence-corrected chi connectivity index (χ2v) is 6.77. The summed E-state index contributed by atoms with van der Waals surface area (Å²) >= 11 is 6.14. The lowest BCUT2D eigenvalue weighted by Crippen LogP contribution is -2.39. The summed E-state index contributed by atoms with van der Waals surface area (Å²) in [5.74, 6) is -0.889. The first-order chi connectivity index (χ1) is 12.0. The van der Waals surface area contributed by atoms with E-state index in [2.05, 4.69) is 5.10 Å². The number of nitrogens with zero attached hydrogens (tertiary/aromatic N) is 3. The Bertz CT molecular complexity index is 803. The normalized spacial score (nSPS) is 17.5. The van der Waals surface area contributed by atoms with Crippen LogP contribution in [-0.4, -0.2) is 44.8 Å². The maximum atomic E-state index is 12.8. The van der Waals surface area contributed by atoms with Crippen LogP contribution in [0.4, 0.5) is 0 Å². The van der Waals surface area contributed by atoms with E-state index in [4.69, 9.17) is 16.7 Å². The fourth-order valence-corrected chi connectivity index (χ4v) is 3.44. The number of piperidine rings is 1. The molecule has 0 spiro atoms. The third-order valence-corrected chi connectivity index (χ3v) is 4.99. The summed E-state index contributed by atoms with van der Waals surface area (Å²) in [5.41, 5.74) is 2.38. The zero-order valence-corrected chi connectivity index (χ0v) is 14.7. The van der Waals surface area contributed by atoms with Crippen LogP contribution in [0.2, 0.25) is 5.02 Å². The number of aryl methyl sites for hydroxylation is 1. The Kier molecular flexibility index (Phi) is 5.08. The van der Waals surface area contributed by atoms with E-state index < -0.39 is 5.97 Å². The van der Waals surface area contributed by atoms with E-state index in [0.717, 1.165) is 24.1 Å². The van der Waals surface area contributed by atoms with Gasteiger partial charge in [-0.2, -0.15) is 5.10 Å². The van der Waals surface area contributed by atoms with Gasteiger partial charge in [-0.15, -0.1) is 0 Å². The molecule has 1 saturated heterocycles. The second-order valence-electron chi connectivity index (χ2n) is 6.36. The molecule has 0 aliphatic carbocycles. The molecule has 1 N–H and O–H groups in total. The van der Waals surface area contributed by atoms with Gasteiger partial charge < -0.3 is 10.0 Å². The standard InChI is InChI=1S/C18H20ClN3O3/c1-12-4-5-13(9-15(12)19)18(25)21-8-2-3-14(10-21)16-6-7-20-22(16)11-17(23)24/h4-7,9,14H,2-3,8,10-11H2,1H3,(H,23,24)/t14-/m1/s1. The number of halogens is 1. The molecule has 1 aliphatic heterocycles. The molecule has 0 radical (unpaired) electrons. The number of aliphatic carboxylic acids is 1. The number of rotatable bonds is 4. The Morgan fingerprint density at radius 3 is 2.88 bits per heavy atom. The number of carbonyl (C=O) groups is 2. The third-order valence-electron chi connectivity index (χ3n) is 4.58. The van der Waals surface area contributed by atoms with Gasteiger partial charge in [-0.3, -0.25) is 14.3 Å². The number of carboxylic acid groups (broad SMARTS) is 1. The molecule has 0 saturated carbocycles. The second kappa shape index (κ2) is 7.27. The minimum absolute atomic E-state index is 0.0455. The predicted octanol–water partition coefficient (Wildman–Crippen LogP) is 2.95. The number of aromatic nitrogens is 2. The van der Waals surface area contributed by atoms with Crippen molar-refractivity contribution in [1.82, 2.24) is 14.7 Å². The van der Waals surface area contributed by atoms with Crippen molar-refractivity contribution in [2.75, 3.05) is 13.1 Å². The molecule has 2 heterocycles. The maximum absolute atomic E-state index is 12.8. The highest BCUT2D eigenvalue weighted by atomic mass is 35.5. The molecule has 132 valence electrons. The van der Waals surface area contributed by atoms with E-state index in [-0.39, 0.29) is 18.4 Å². The Morgan fingerprint density at radius 1 is 1.36 bits per heavy atom. The van der Waals surface area contributed by atoms with E-state index in [0.29, 0.717) is 23.7 Å². The van der Waals surface area contributed by atoms with Gasteiger partial charge in [0.25, 0.3) is 5.91 Å². The molecule has 1 atom stereocenters. The molecule has 0 bridgehead atoms. The van der Waals surface area contributed by atoms with Gasteiger partial charge in [-0.05, 0) is 43.5 Å². The summed E-state index contributed by atoms with van der Waals surface area (Å²) in [4.78, 5) is 25.6. The van der Waals surface area contributed by atoms with E-state index in [9.17, 15) is 9.59 Å². The first kappa shape index (κ1) is 17.5. The number of likely N-dealkylation sites (tertiary alicyclic amines) is 1. The van der Waals surface area contributed by atoms with Crippen LogP contribution in [0.3, 0.4) is 0 Å². The molecular formula is C18H20ClN3O3. The molecular weight excluding hydrogens is 342 g/mol. The van der Waals surface area contributed by atoms with Gasteiger partial charge in [0.15, 0.2) is 0 Å². The summed E-state index contributed by atoms with van der Waals surface area (Å²) in [6, 6.07) is 7.18. The highest BCUT2D eigenvalue weighted by Crippen LogP contribution is 2.28. The maximum Gasteiger partial charge on any atom is 0.325 e. The molecule has 6 nitrogen and oxygen atoms in total. The Hall–Kier alpha value is -2.34. The molecule has 1 fully saturated rings. The number of benzene rings is 1. The summed E-state index contributed by atoms with van der Waals surface area (Å²) in [5, 5.41) is 13.7. The van der Waals surface area contributed by atoms with Crippen molar-refractivity contribution in [3.05, 3.63) is 52.3 Å². The summed E-state index contributed by atoms with van der Waals surface area (Å²) in [6.45, 7) is 2.97. The molecule has 7 heteroatoms. The van der Waals surface area contributed by atoms with Crippen LogP contribution in [0.25, 0.3) is 0 Å². The lowest BCUT2D eigenvalue weighted by Gasteiger charge is -2.33. The minimum Gasteiger partial charge on any atom is -0.480 e. The van der Waals surface area contributed by atoms with Gasteiger partial charge in [-0.1, -0.05) is 17.7 Å². The highest BCUT2D eigenvalue weighted by molar-refractivity contribution is 6.31. The predicted molar refractivity (Wildman–Crippen MR) is 93.9 cm³/mol. The van der Waals surface area contributed by atoms with Crippen LogP contribution in [0.15, 0.2) is 30.5 Å². The largest absolute Gasteiger partial charge is 0.480 e. The van der Waals surface area contributed by atoms with Crippen molar-refractivity contribution in [3.8, 4) is 0 Å². The number of amides is 1. The van der Waals surface area contributed by atoms with Crippen LogP contribution >= 0.6 is 11.6 Å². The topological polar surface area (TPSA) is 75.4 Å². The van der Waals surface area contributed by atoms with Crippen LogP contribution in [0.1, 0.15) is 40.4 Å². The fourth-order valence-electron chi connectivity index (χ4n) is 3.26. The molecule has 1 aromatic carbocycles. The van der Waals surface area contributed by atoms with Crippen LogP contribution in [0.5, 0.6) is 0 Å². The van der Waals surface area contributed by atoms with Crippen molar-refractivity contribution < 1.29 is 14.7 Å². The SMILES string of the molecule is Cc1ccc(C(=O)N2CCC[C@@H](c3ccnn3CC(=O)O)C2)cc1Cl. The van der Waals surface area contributed by atoms with Gasteiger partial charge in [-0.25, -0.2) is 0 Å². The number of hydrogen-bond acceptors (Lipinski definition) is 3. The van der Waals surface area contributed by atoms with Crippen LogP contribution in [-0.2, 0) is 11.3 Å². The zero-order chi connectivity index (χ0) is 18.0. The molecule has 25 heavy (non-hydrogen) atoms. The number of hydrogen-bond donors (Lipinski definition) is 1. The number of carboxylic acids is 1. The quantitative estimate of drug-likeness (QED) is 0.908. The van der Waals surface area contributed by atoms with E-state index >= 15 is 0 Å². The number of carbonyl (C=O) groups excluding carboxylic acids is 1. The van der Waals surface area contributed by atoms with Gasteiger partial charge >= 0.3 is 5.97 Å². The van der Waals surface area contributed by atoms with Gasteiger partial charge in [0.2, 0.25) is 0 Å². The Balaban J connectivity index is 1.77. The molecule has 0 unspecified atom stereocenters. The first-order valence-electron chi connectivity index (χ1n) is 8.24. The van der Waals surface area contributed by atoms with Crippen LogP contribution in [0, 0.1) is 6.92 Å². The minimum atomic E-state index is -0.928. The summed E-state index contributed by atoms with van der Waals surface area (Å²) in [7, 11) is 0. The first-order valence-corrected chi connectivity index (χ1v) is 8.62. The molecule has 1 amide bonds. The van der Waals surface area contributed by atoms with Gasteiger partial charge in [0.05, 0.1) is 0 Å².